The molecule has 0 aliphatic carbocycles. The fourth-order valence-corrected chi connectivity index (χ4v) is 1.44. The van der Waals surface area contributed by atoms with Crippen LogP contribution in [-0.4, -0.2) is 6.54 Å². The Balaban J connectivity index is 2.65. The van der Waals surface area contributed by atoms with Gasteiger partial charge in [0.05, 0.1) is 0 Å². The SMILES string of the molecule is CCN(Cl)c1cccs1. The quantitative estimate of drug-likeness (QED) is 0.603. The van der Waals surface area contributed by atoms with Crippen molar-refractivity contribution in [2.45, 2.75) is 6.92 Å². The molecule has 0 aliphatic heterocycles. The first-order valence-electron chi connectivity index (χ1n) is 2.81. The summed E-state index contributed by atoms with van der Waals surface area (Å²) in [5.74, 6) is 0. The maximum absolute atomic E-state index is 5.78. The van der Waals surface area contributed by atoms with E-state index in [1.807, 2.05) is 24.4 Å². The summed E-state index contributed by atoms with van der Waals surface area (Å²) in [6.07, 6.45) is 0. The molecule has 0 radical (unpaired) electrons. The predicted molar refractivity (Wildman–Crippen MR) is 43.2 cm³/mol. The summed E-state index contributed by atoms with van der Waals surface area (Å²) in [4.78, 5) is 0. The zero-order valence-corrected chi connectivity index (χ0v) is 6.75. The topological polar surface area (TPSA) is 3.24 Å². The summed E-state index contributed by atoms with van der Waals surface area (Å²) in [5.41, 5.74) is 0. The minimum Gasteiger partial charge on any atom is -0.276 e. The molecule has 0 saturated carbocycles. The lowest BCUT2D eigenvalue weighted by molar-refractivity contribution is 1.12. The third kappa shape index (κ3) is 1.60. The maximum Gasteiger partial charge on any atom is 0.105 e. The first-order chi connectivity index (χ1) is 4.34. The number of hydrogen-bond acceptors (Lipinski definition) is 2. The van der Waals surface area contributed by atoms with Gasteiger partial charge < -0.3 is 0 Å². The van der Waals surface area contributed by atoms with E-state index in [2.05, 4.69) is 0 Å². The molecule has 0 bridgehead atoms. The van der Waals surface area contributed by atoms with Crippen LogP contribution in [0.15, 0.2) is 17.5 Å². The zero-order chi connectivity index (χ0) is 6.69. The van der Waals surface area contributed by atoms with E-state index in [4.69, 9.17) is 11.8 Å². The lowest BCUT2D eigenvalue weighted by Gasteiger charge is -2.07. The van der Waals surface area contributed by atoms with Crippen molar-refractivity contribution in [3.8, 4) is 0 Å². The highest BCUT2D eigenvalue weighted by Gasteiger charge is 1.97. The zero-order valence-electron chi connectivity index (χ0n) is 5.17. The van der Waals surface area contributed by atoms with Crippen molar-refractivity contribution in [1.82, 2.24) is 0 Å². The molecule has 0 unspecified atom stereocenters. The average Bonchev–Trinajstić information content (AvgIpc) is 2.37. The van der Waals surface area contributed by atoms with E-state index < -0.39 is 0 Å². The van der Waals surface area contributed by atoms with Crippen LogP contribution in [-0.2, 0) is 0 Å². The number of thiophene rings is 1. The molecule has 0 atom stereocenters. The molecule has 0 fully saturated rings. The lowest BCUT2D eigenvalue weighted by atomic mass is 10.6. The van der Waals surface area contributed by atoms with Gasteiger partial charge in [-0.2, -0.15) is 0 Å². The second-order valence-corrected chi connectivity index (χ2v) is 2.96. The van der Waals surface area contributed by atoms with Crippen molar-refractivity contribution in [3.63, 3.8) is 0 Å². The second-order valence-electron chi connectivity index (χ2n) is 1.63. The fraction of sp³-hybridized carbons (Fsp3) is 0.333. The Morgan fingerprint density at radius 3 is 3.00 bits per heavy atom. The molecule has 0 N–H and O–H groups in total. The summed E-state index contributed by atoms with van der Waals surface area (Å²) in [6, 6.07) is 3.99. The largest absolute Gasteiger partial charge is 0.276 e. The minimum absolute atomic E-state index is 0.849. The summed E-state index contributed by atoms with van der Waals surface area (Å²) in [7, 11) is 0. The number of hydrogen-bond donors (Lipinski definition) is 0. The van der Waals surface area contributed by atoms with Crippen LogP contribution in [0.3, 0.4) is 0 Å². The third-order valence-corrected chi connectivity index (χ3v) is 2.44. The molecule has 50 valence electrons. The van der Waals surface area contributed by atoms with Crippen LogP contribution in [0.5, 0.6) is 0 Å². The van der Waals surface area contributed by atoms with Crippen molar-refractivity contribution < 1.29 is 0 Å². The maximum atomic E-state index is 5.78. The van der Waals surface area contributed by atoms with E-state index in [-0.39, 0.29) is 0 Å². The first-order valence-corrected chi connectivity index (χ1v) is 4.03. The van der Waals surface area contributed by atoms with E-state index in [1.165, 1.54) is 0 Å². The van der Waals surface area contributed by atoms with E-state index in [0.717, 1.165) is 11.5 Å². The van der Waals surface area contributed by atoms with Gasteiger partial charge in [0.2, 0.25) is 0 Å². The van der Waals surface area contributed by atoms with Crippen molar-refractivity contribution in [3.05, 3.63) is 17.5 Å². The molecule has 0 spiro atoms. The predicted octanol–water partition coefficient (Wildman–Crippen LogP) is 2.73. The van der Waals surface area contributed by atoms with Crippen molar-refractivity contribution in [1.29, 1.82) is 0 Å². The minimum atomic E-state index is 0.849. The summed E-state index contributed by atoms with van der Waals surface area (Å²) in [6.45, 7) is 2.87. The van der Waals surface area contributed by atoms with Crippen molar-refractivity contribution >= 4 is 28.1 Å². The third-order valence-electron chi connectivity index (χ3n) is 1.02. The number of rotatable bonds is 2. The van der Waals surface area contributed by atoms with Gasteiger partial charge in [-0.15, -0.1) is 11.3 Å². The average molecular weight is 162 g/mol. The molecular weight excluding hydrogens is 154 g/mol. The molecule has 0 amide bonds. The van der Waals surface area contributed by atoms with Crippen LogP contribution in [0.4, 0.5) is 5.00 Å². The Labute approximate surface area is 64.0 Å². The van der Waals surface area contributed by atoms with Crippen LogP contribution in [0, 0.1) is 0 Å². The van der Waals surface area contributed by atoms with Gasteiger partial charge in [-0.3, -0.25) is 4.42 Å². The van der Waals surface area contributed by atoms with Gasteiger partial charge in [0.1, 0.15) is 5.00 Å². The lowest BCUT2D eigenvalue weighted by Crippen LogP contribution is -2.05. The highest BCUT2D eigenvalue weighted by molar-refractivity contribution is 7.14. The van der Waals surface area contributed by atoms with E-state index in [9.17, 15) is 0 Å². The molecule has 0 saturated heterocycles. The highest BCUT2D eigenvalue weighted by Crippen LogP contribution is 2.21. The first kappa shape index (κ1) is 6.90. The van der Waals surface area contributed by atoms with Gasteiger partial charge >= 0.3 is 0 Å². The van der Waals surface area contributed by atoms with E-state index in [1.54, 1.807) is 15.8 Å². The van der Waals surface area contributed by atoms with Gasteiger partial charge in [-0.25, -0.2) is 0 Å². The van der Waals surface area contributed by atoms with Crippen molar-refractivity contribution in [2.24, 2.45) is 0 Å². The Hall–Kier alpha value is -0.210. The van der Waals surface area contributed by atoms with E-state index >= 15 is 0 Å². The van der Waals surface area contributed by atoms with Gasteiger partial charge in [0, 0.05) is 18.3 Å². The Bertz CT molecular complexity index is 162. The summed E-state index contributed by atoms with van der Waals surface area (Å²) >= 11 is 7.43. The smallest absolute Gasteiger partial charge is 0.105 e. The summed E-state index contributed by atoms with van der Waals surface area (Å²) < 4.78 is 1.70. The standard InChI is InChI=1S/C6H8ClNS/c1-2-8(7)6-4-3-5-9-6/h3-5H,2H2,1H3. The fourth-order valence-electron chi connectivity index (χ4n) is 0.564. The molecule has 3 heteroatoms. The van der Waals surface area contributed by atoms with Gasteiger partial charge in [-0.05, 0) is 24.4 Å². The van der Waals surface area contributed by atoms with Crippen LogP contribution >= 0.6 is 23.1 Å². The van der Waals surface area contributed by atoms with Crippen LogP contribution in [0.1, 0.15) is 6.92 Å². The van der Waals surface area contributed by atoms with Crippen molar-refractivity contribution in [2.75, 3.05) is 11.0 Å². The second kappa shape index (κ2) is 3.08. The number of halogens is 1. The molecule has 1 aromatic rings. The van der Waals surface area contributed by atoms with Gasteiger partial charge in [0.25, 0.3) is 0 Å². The molecular formula is C6H8ClNS. The van der Waals surface area contributed by atoms with Crippen LogP contribution in [0.25, 0.3) is 0 Å². The highest BCUT2D eigenvalue weighted by atomic mass is 35.5. The van der Waals surface area contributed by atoms with Crippen LogP contribution in [0.2, 0.25) is 0 Å². The summed E-state index contributed by atoms with van der Waals surface area (Å²) in [5, 5.41) is 3.12. The van der Waals surface area contributed by atoms with Crippen LogP contribution < -0.4 is 4.42 Å². The monoisotopic (exact) mass is 161 g/mol. The Morgan fingerprint density at radius 1 is 1.78 bits per heavy atom. The molecule has 1 aromatic heterocycles. The molecule has 1 heterocycles. The Kier molecular flexibility index (Phi) is 2.37. The Morgan fingerprint density at radius 2 is 2.56 bits per heavy atom. The van der Waals surface area contributed by atoms with E-state index in [0.29, 0.717) is 0 Å². The number of nitrogens with zero attached hydrogens (tertiary/aromatic N) is 1. The molecule has 0 aliphatic rings. The van der Waals surface area contributed by atoms with Gasteiger partial charge in [0.15, 0.2) is 0 Å². The molecule has 0 aromatic carbocycles. The van der Waals surface area contributed by atoms with Gasteiger partial charge in [-0.1, -0.05) is 0 Å². The molecule has 1 rings (SSSR count). The molecule has 9 heavy (non-hydrogen) atoms. The number of anilines is 1. The normalized spacial score (nSPS) is 9.56. The molecule has 1 nitrogen and oxygen atoms in total.